The lowest BCUT2D eigenvalue weighted by atomic mass is 10.0. The molecule has 28 heavy (non-hydrogen) atoms. The number of ether oxygens (including phenoxy) is 2. The molecule has 0 amide bonds. The Morgan fingerprint density at radius 2 is 1.93 bits per heavy atom. The van der Waals surface area contributed by atoms with Gasteiger partial charge in [-0.3, -0.25) is 4.90 Å². The van der Waals surface area contributed by atoms with Crippen LogP contribution in [-0.2, 0) is 6.54 Å². The van der Waals surface area contributed by atoms with Crippen molar-refractivity contribution in [2.24, 2.45) is 0 Å². The fourth-order valence-corrected chi connectivity index (χ4v) is 4.58. The van der Waals surface area contributed by atoms with Crippen LogP contribution < -0.4 is 9.47 Å². The van der Waals surface area contributed by atoms with Crippen LogP contribution in [0.1, 0.15) is 35.7 Å². The number of para-hydroxylation sites is 1. The van der Waals surface area contributed by atoms with Crippen molar-refractivity contribution in [2.45, 2.75) is 32.4 Å². The zero-order valence-electron chi connectivity index (χ0n) is 16.0. The van der Waals surface area contributed by atoms with Crippen LogP contribution in [0.4, 0.5) is 0 Å². The number of benzene rings is 2. The van der Waals surface area contributed by atoms with Gasteiger partial charge in [-0.25, -0.2) is 4.98 Å². The van der Waals surface area contributed by atoms with E-state index in [9.17, 15) is 0 Å². The third kappa shape index (κ3) is 3.11. The van der Waals surface area contributed by atoms with Crippen molar-refractivity contribution in [1.29, 1.82) is 0 Å². The molecule has 5 heteroatoms. The second kappa shape index (κ2) is 7.26. The summed E-state index contributed by atoms with van der Waals surface area (Å²) in [5, 5.41) is 1.91. The van der Waals surface area contributed by atoms with E-state index in [0.717, 1.165) is 58.2 Å². The number of rotatable bonds is 3. The van der Waals surface area contributed by atoms with Gasteiger partial charge < -0.3 is 9.47 Å². The van der Waals surface area contributed by atoms with E-state index in [2.05, 4.69) is 36.1 Å². The van der Waals surface area contributed by atoms with Gasteiger partial charge in [0.15, 0.2) is 11.5 Å². The van der Waals surface area contributed by atoms with Crippen LogP contribution in [0.15, 0.2) is 42.5 Å². The topological polar surface area (TPSA) is 34.6 Å². The van der Waals surface area contributed by atoms with E-state index in [4.69, 9.17) is 26.1 Å². The van der Waals surface area contributed by atoms with Gasteiger partial charge >= 0.3 is 0 Å². The smallest absolute Gasteiger partial charge is 0.161 e. The summed E-state index contributed by atoms with van der Waals surface area (Å²) in [5.74, 6) is 1.70. The molecule has 4 nitrogen and oxygen atoms in total. The molecule has 2 aromatic carbocycles. The zero-order chi connectivity index (χ0) is 19.1. The summed E-state index contributed by atoms with van der Waals surface area (Å²) in [6.07, 6.45) is 2.30. The predicted octanol–water partition coefficient (Wildman–Crippen LogP) is 5.30. The van der Waals surface area contributed by atoms with E-state index in [-0.39, 0.29) is 0 Å². The molecule has 0 radical (unpaired) electrons. The predicted molar refractivity (Wildman–Crippen MR) is 111 cm³/mol. The summed E-state index contributed by atoms with van der Waals surface area (Å²) >= 11 is 6.71. The van der Waals surface area contributed by atoms with Crippen molar-refractivity contribution in [3.63, 3.8) is 0 Å². The number of hydrogen-bond acceptors (Lipinski definition) is 4. The van der Waals surface area contributed by atoms with Gasteiger partial charge in [0, 0.05) is 18.0 Å². The average molecular weight is 395 g/mol. The minimum Gasteiger partial charge on any atom is -0.486 e. The minimum atomic E-state index is 0.348. The number of aryl methyl sites for hydroxylation is 1. The van der Waals surface area contributed by atoms with Crippen LogP contribution in [0.5, 0.6) is 11.5 Å². The number of nitrogens with zero attached hydrogens (tertiary/aromatic N) is 2. The number of hydrogen-bond donors (Lipinski definition) is 0. The fourth-order valence-electron chi connectivity index (χ4n) is 4.37. The first-order valence-corrected chi connectivity index (χ1v) is 10.3. The second-order valence-corrected chi connectivity index (χ2v) is 7.92. The van der Waals surface area contributed by atoms with Gasteiger partial charge in [0.2, 0.25) is 0 Å². The van der Waals surface area contributed by atoms with Crippen molar-refractivity contribution in [3.8, 4) is 11.5 Å². The number of pyridine rings is 1. The lowest BCUT2D eigenvalue weighted by Gasteiger charge is -2.27. The van der Waals surface area contributed by atoms with Crippen molar-refractivity contribution in [2.75, 3.05) is 19.8 Å². The highest BCUT2D eigenvalue weighted by atomic mass is 35.5. The lowest BCUT2D eigenvalue weighted by Crippen LogP contribution is -2.24. The van der Waals surface area contributed by atoms with E-state index < -0.39 is 0 Å². The van der Waals surface area contributed by atoms with Gasteiger partial charge in [-0.1, -0.05) is 35.9 Å². The van der Waals surface area contributed by atoms with E-state index >= 15 is 0 Å². The molecule has 3 heterocycles. The lowest BCUT2D eigenvalue weighted by molar-refractivity contribution is 0.170. The van der Waals surface area contributed by atoms with Crippen LogP contribution >= 0.6 is 11.6 Å². The number of likely N-dealkylation sites (tertiary alicyclic amines) is 1. The Kier molecular flexibility index (Phi) is 4.61. The zero-order valence-corrected chi connectivity index (χ0v) is 16.7. The van der Waals surface area contributed by atoms with E-state index in [1.54, 1.807) is 0 Å². The quantitative estimate of drug-likeness (QED) is 0.603. The molecule has 1 saturated heterocycles. The maximum absolute atomic E-state index is 6.71. The molecule has 2 aliphatic rings. The van der Waals surface area contributed by atoms with Crippen molar-refractivity contribution in [3.05, 3.63) is 64.3 Å². The Labute approximate surface area is 170 Å². The maximum Gasteiger partial charge on any atom is 0.161 e. The molecule has 0 N–H and O–H groups in total. The molecule has 1 fully saturated rings. The van der Waals surface area contributed by atoms with Crippen LogP contribution in [-0.4, -0.2) is 29.6 Å². The Bertz CT molecular complexity index is 1040. The van der Waals surface area contributed by atoms with Crippen molar-refractivity contribution < 1.29 is 9.47 Å². The third-order valence-electron chi connectivity index (χ3n) is 5.81. The Morgan fingerprint density at radius 3 is 2.82 bits per heavy atom. The standard InChI is InChI=1S/C23H23ClN2O2/c1-15-17-5-2-3-6-18(17)25-19(23(15)24)14-26-10-4-7-20(26)16-8-9-21-22(13-16)28-12-11-27-21/h2-3,5-6,8-9,13,20H,4,7,10-12,14H2,1H3/t20-/m1/s1. The fraction of sp³-hybridized carbons (Fsp3) is 0.348. The highest BCUT2D eigenvalue weighted by molar-refractivity contribution is 6.32. The number of fused-ring (bicyclic) bond motifs is 2. The SMILES string of the molecule is Cc1c(Cl)c(CN2CCC[C@@H]2c2ccc3c(c2)OCCO3)nc2ccccc12. The van der Waals surface area contributed by atoms with Crippen molar-refractivity contribution >= 4 is 22.5 Å². The first-order valence-electron chi connectivity index (χ1n) is 9.88. The average Bonchev–Trinajstić information content (AvgIpc) is 3.19. The molecular formula is C23H23ClN2O2. The molecule has 0 aliphatic carbocycles. The number of aromatic nitrogens is 1. The Hall–Kier alpha value is -2.30. The normalized spacial score (nSPS) is 19.3. The molecule has 0 bridgehead atoms. The molecule has 1 aromatic heterocycles. The van der Waals surface area contributed by atoms with E-state index in [0.29, 0.717) is 19.3 Å². The summed E-state index contributed by atoms with van der Waals surface area (Å²) in [7, 11) is 0. The molecule has 0 unspecified atom stereocenters. The van der Waals surface area contributed by atoms with Gasteiger partial charge in [0.1, 0.15) is 13.2 Å². The molecule has 5 rings (SSSR count). The highest BCUT2D eigenvalue weighted by Crippen LogP contribution is 2.39. The Morgan fingerprint density at radius 1 is 1.11 bits per heavy atom. The first-order chi connectivity index (χ1) is 13.7. The van der Waals surface area contributed by atoms with Crippen molar-refractivity contribution in [1.82, 2.24) is 9.88 Å². The van der Waals surface area contributed by atoms with Crippen LogP contribution in [0.3, 0.4) is 0 Å². The van der Waals surface area contributed by atoms with Crippen LogP contribution in [0.25, 0.3) is 10.9 Å². The molecular weight excluding hydrogens is 372 g/mol. The minimum absolute atomic E-state index is 0.348. The molecule has 0 spiro atoms. The summed E-state index contributed by atoms with van der Waals surface area (Å²) in [6, 6.07) is 14.9. The van der Waals surface area contributed by atoms with Gasteiger partial charge in [0.05, 0.1) is 16.2 Å². The van der Waals surface area contributed by atoms with Gasteiger partial charge in [-0.15, -0.1) is 0 Å². The van der Waals surface area contributed by atoms with Gasteiger partial charge in [-0.2, -0.15) is 0 Å². The largest absolute Gasteiger partial charge is 0.486 e. The van der Waals surface area contributed by atoms with Crippen LogP contribution in [0, 0.1) is 6.92 Å². The molecule has 144 valence electrons. The summed E-state index contributed by atoms with van der Waals surface area (Å²) < 4.78 is 11.5. The molecule has 2 aliphatic heterocycles. The molecule has 3 aromatic rings. The second-order valence-electron chi connectivity index (χ2n) is 7.55. The third-order valence-corrected chi connectivity index (χ3v) is 6.32. The van der Waals surface area contributed by atoms with E-state index in [1.807, 2.05) is 18.2 Å². The Balaban J connectivity index is 1.45. The molecule has 0 saturated carbocycles. The molecule has 1 atom stereocenters. The van der Waals surface area contributed by atoms with Gasteiger partial charge in [-0.05, 0) is 55.6 Å². The monoisotopic (exact) mass is 394 g/mol. The first kappa shape index (κ1) is 17.8. The summed E-state index contributed by atoms with van der Waals surface area (Å²) in [4.78, 5) is 7.36. The summed E-state index contributed by atoms with van der Waals surface area (Å²) in [6.45, 7) is 5.11. The maximum atomic E-state index is 6.71. The van der Waals surface area contributed by atoms with E-state index in [1.165, 1.54) is 12.0 Å². The highest BCUT2D eigenvalue weighted by Gasteiger charge is 2.28. The summed E-state index contributed by atoms with van der Waals surface area (Å²) in [5.41, 5.74) is 4.35. The van der Waals surface area contributed by atoms with Crippen LogP contribution in [0.2, 0.25) is 5.02 Å². The van der Waals surface area contributed by atoms with Gasteiger partial charge in [0.25, 0.3) is 0 Å². The number of halogens is 1.